The first-order valence-corrected chi connectivity index (χ1v) is 5.94. The van der Waals surface area contributed by atoms with Gasteiger partial charge in [0.2, 0.25) is 0 Å². The van der Waals surface area contributed by atoms with Crippen molar-refractivity contribution in [2.45, 2.75) is 32.2 Å². The maximum Gasteiger partial charge on any atom is 0.254 e. The minimum Gasteiger partial charge on any atom is -0.326 e. The molecular formula is C14H17NO2. The van der Waals surface area contributed by atoms with Crippen molar-refractivity contribution in [1.29, 1.82) is 0 Å². The van der Waals surface area contributed by atoms with E-state index in [0.29, 0.717) is 18.5 Å². The Morgan fingerprint density at radius 3 is 2.53 bits per heavy atom. The average Bonchev–Trinajstić information content (AvgIpc) is 2.33. The normalized spacial score (nSPS) is 19.2. The molecule has 0 aliphatic carbocycles. The number of hydrogen-bond donors (Lipinski definition) is 0. The van der Waals surface area contributed by atoms with Crippen LogP contribution in [0.25, 0.3) is 0 Å². The summed E-state index contributed by atoms with van der Waals surface area (Å²) in [6.45, 7) is 4.32. The molecule has 2 rings (SSSR count). The predicted octanol–water partition coefficient (Wildman–Crippen LogP) is 2.27. The number of rotatable bonds is 1. The number of likely N-dealkylation sites (tertiary alicyclic amines) is 1. The van der Waals surface area contributed by atoms with Gasteiger partial charge in [-0.25, -0.2) is 0 Å². The smallest absolute Gasteiger partial charge is 0.254 e. The molecule has 1 aromatic rings. The Bertz CT molecular complexity index is 437. The van der Waals surface area contributed by atoms with E-state index in [2.05, 4.69) is 0 Å². The van der Waals surface area contributed by atoms with Crippen LogP contribution in [0.2, 0.25) is 0 Å². The van der Waals surface area contributed by atoms with Gasteiger partial charge in [0.1, 0.15) is 0 Å². The van der Waals surface area contributed by atoms with E-state index in [1.165, 1.54) is 0 Å². The van der Waals surface area contributed by atoms with Gasteiger partial charge in [-0.15, -0.1) is 0 Å². The van der Waals surface area contributed by atoms with Crippen molar-refractivity contribution in [3.8, 4) is 0 Å². The molecule has 0 radical (unpaired) electrons. The van der Waals surface area contributed by atoms with Crippen LogP contribution in [0.3, 0.4) is 0 Å². The Labute approximate surface area is 101 Å². The summed E-state index contributed by atoms with van der Waals surface area (Å²) in [5, 5.41) is 0. The molecule has 0 aromatic heterocycles. The summed E-state index contributed by atoms with van der Waals surface area (Å²) in [6.07, 6.45) is 1.34. The minimum atomic E-state index is -0.675. The number of carbonyl (C=O) groups excluding carboxylic acids is 2. The molecule has 90 valence electrons. The van der Waals surface area contributed by atoms with Gasteiger partial charge in [0, 0.05) is 18.5 Å². The van der Waals surface area contributed by atoms with Crippen LogP contribution in [0, 0.1) is 0 Å². The van der Waals surface area contributed by atoms with Crippen LogP contribution >= 0.6 is 0 Å². The maximum atomic E-state index is 12.3. The fourth-order valence-electron chi connectivity index (χ4n) is 2.23. The highest BCUT2D eigenvalue weighted by Crippen LogP contribution is 2.25. The number of hydrogen-bond acceptors (Lipinski definition) is 2. The Kier molecular flexibility index (Phi) is 3.01. The van der Waals surface area contributed by atoms with Crippen molar-refractivity contribution in [2.75, 3.05) is 6.54 Å². The number of carbonyl (C=O) groups is 2. The lowest BCUT2D eigenvalue weighted by molar-refractivity contribution is -0.130. The highest BCUT2D eigenvalue weighted by Gasteiger charge is 2.40. The zero-order valence-electron chi connectivity index (χ0n) is 10.3. The summed E-state index contributed by atoms with van der Waals surface area (Å²) in [5.74, 6) is 0.0941. The van der Waals surface area contributed by atoms with Crippen LogP contribution in [0.15, 0.2) is 30.3 Å². The van der Waals surface area contributed by atoms with Gasteiger partial charge >= 0.3 is 0 Å². The first-order valence-electron chi connectivity index (χ1n) is 5.94. The second kappa shape index (κ2) is 4.32. The third-order valence-electron chi connectivity index (χ3n) is 3.41. The van der Waals surface area contributed by atoms with Gasteiger partial charge in [-0.1, -0.05) is 18.2 Å². The Hall–Kier alpha value is -1.64. The number of amides is 1. The predicted molar refractivity (Wildman–Crippen MR) is 65.8 cm³/mol. The van der Waals surface area contributed by atoms with E-state index in [1.807, 2.05) is 32.0 Å². The number of Topliss-reactive ketones (excluding diaryl/α,β-unsaturated/α-hetero) is 1. The van der Waals surface area contributed by atoms with Gasteiger partial charge in [0.25, 0.3) is 5.91 Å². The molecule has 1 aromatic carbocycles. The van der Waals surface area contributed by atoms with Crippen LogP contribution < -0.4 is 0 Å². The number of benzene rings is 1. The van der Waals surface area contributed by atoms with Gasteiger partial charge in [-0.3, -0.25) is 9.59 Å². The standard InChI is InChI=1S/C14H17NO2/c1-14(2)12(16)9-6-10-15(14)13(17)11-7-4-3-5-8-11/h3-5,7-8H,6,9-10H2,1-2H3. The molecule has 1 saturated heterocycles. The van der Waals surface area contributed by atoms with E-state index in [1.54, 1.807) is 17.0 Å². The van der Waals surface area contributed by atoms with E-state index in [0.717, 1.165) is 6.42 Å². The molecule has 1 aliphatic heterocycles. The van der Waals surface area contributed by atoms with Crippen molar-refractivity contribution in [2.24, 2.45) is 0 Å². The molecular weight excluding hydrogens is 214 g/mol. The Morgan fingerprint density at radius 1 is 1.24 bits per heavy atom. The molecule has 1 aliphatic rings. The zero-order chi connectivity index (χ0) is 12.5. The lowest BCUT2D eigenvalue weighted by Gasteiger charge is -2.41. The summed E-state index contributed by atoms with van der Waals surface area (Å²) < 4.78 is 0. The van der Waals surface area contributed by atoms with Crippen LogP contribution in [0.4, 0.5) is 0 Å². The molecule has 0 atom stereocenters. The summed E-state index contributed by atoms with van der Waals surface area (Å²) in [4.78, 5) is 25.9. The largest absolute Gasteiger partial charge is 0.326 e. The lowest BCUT2D eigenvalue weighted by atomic mass is 9.88. The topological polar surface area (TPSA) is 37.4 Å². The van der Waals surface area contributed by atoms with E-state index < -0.39 is 5.54 Å². The highest BCUT2D eigenvalue weighted by atomic mass is 16.2. The van der Waals surface area contributed by atoms with Gasteiger partial charge in [-0.05, 0) is 32.4 Å². The van der Waals surface area contributed by atoms with Gasteiger partial charge in [0.05, 0.1) is 5.54 Å². The third kappa shape index (κ3) is 2.09. The fraction of sp³-hybridized carbons (Fsp3) is 0.429. The molecule has 0 N–H and O–H groups in total. The van der Waals surface area contributed by atoms with Crippen molar-refractivity contribution in [3.05, 3.63) is 35.9 Å². The molecule has 1 amide bonds. The quantitative estimate of drug-likeness (QED) is 0.743. The maximum absolute atomic E-state index is 12.3. The molecule has 17 heavy (non-hydrogen) atoms. The van der Waals surface area contributed by atoms with E-state index in [4.69, 9.17) is 0 Å². The van der Waals surface area contributed by atoms with E-state index in [9.17, 15) is 9.59 Å². The third-order valence-corrected chi connectivity index (χ3v) is 3.41. The van der Waals surface area contributed by atoms with Crippen LogP contribution in [-0.4, -0.2) is 28.7 Å². The summed E-state index contributed by atoms with van der Waals surface area (Å²) in [7, 11) is 0. The molecule has 3 heteroatoms. The lowest BCUT2D eigenvalue weighted by Crippen LogP contribution is -2.56. The molecule has 1 heterocycles. The average molecular weight is 231 g/mol. The van der Waals surface area contributed by atoms with E-state index in [-0.39, 0.29) is 11.7 Å². The van der Waals surface area contributed by atoms with Gasteiger partial charge < -0.3 is 4.90 Å². The highest BCUT2D eigenvalue weighted by molar-refractivity contribution is 6.00. The number of ketones is 1. The monoisotopic (exact) mass is 231 g/mol. The Morgan fingerprint density at radius 2 is 1.88 bits per heavy atom. The Balaban J connectivity index is 2.28. The van der Waals surface area contributed by atoms with E-state index >= 15 is 0 Å². The number of nitrogens with zero attached hydrogens (tertiary/aromatic N) is 1. The fourth-order valence-corrected chi connectivity index (χ4v) is 2.23. The second-order valence-corrected chi connectivity index (χ2v) is 4.91. The van der Waals surface area contributed by atoms with Gasteiger partial charge in [0.15, 0.2) is 5.78 Å². The molecule has 3 nitrogen and oxygen atoms in total. The van der Waals surface area contributed by atoms with Crippen molar-refractivity contribution in [1.82, 2.24) is 4.90 Å². The van der Waals surface area contributed by atoms with Crippen LogP contribution in [0.5, 0.6) is 0 Å². The van der Waals surface area contributed by atoms with Crippen molar-refractivity contribution < 1.29 is 9.59 Å². The van der Waals surface area contributed by atoms with Crippen LogP contribution in [-0.2, 0) is 4.79 Å². The second-order valence-electron chi connectivity index (χ2n) is 4.91. The molecule has 1 fully saturated rings. The minimum absolute atomic E-state index is 0.0522. The van der Waals surface area contributed by atoms with Crippen molar-refractivity contribution >= 4 is 11.7 Å². The SMILES string of the molecule is CC1(C)C(=O)CCCN1C(=O)c1ccccc1. The first-order chi connectivity index (χ1) is 8.03. The van der Waals surface area contributed by atoms with Gasteiger partial charge in [-0.2, -0.15) is 0 Å². The van der Waals surface area contributed by atoms with Crippen LogP contribution in [0.1, 0.15) is 37.0 Å². The summed E-state index contributed by atoms with van der Waals surface area (Å²) in [5.41, 5.74) is -0.0270. The zero-order valence-corrected chi connectivity index (χ0v) is 10.3. The summed E-state index contributed by atoms with van der Waals surface area (Å²) >= 11 is 0. The molecule has 0 bridgehead atoms. The summed E-state index contributed by atoms with van der Waals surface area (Å²) in [6, 6.07) is 9.14. The van der Waals surface area contributed by atoms with Crippen molar-refractivity contribution in [3.63, 3.8) is 0 Å². The molecule has 0 unspecified atom stereocenters. The first kappa shape index (κ1) is 11.8. The molecule has 0 spiro atoms. The number of piperidine rings is 1. The molecule has 0 saturated carbocycles.